The van der Waals surface area contributed by atoms with Crippen LogP contribution in [0.25, 0.3) is 0 Å². The predicted molar refractivity (Wildman–Crippen MR) is 67.9 cm³/mol. The molecule has 3 nitrogen and oxygen atoms in total. The van der Waals surface area contributed by atoms with Crippen molar-refractivity contribution in [2.24, 2.45) is 5.73 Å². The molecular formula is C11H14N2OS2. The molecule has 0 spiro atoms. The van der Waals surface area contributed by atoms with E-state index < -0.39 is 6.10 Å². The number of hydrogen-bond acceptors (Lipinski definition) is 5. The highest BCUT2D eigenvalue weighted by Crippen LogP contribution is 2.34. The first-order valence-corrected chi connectivity index (χ1v) is 6.76. The van der Waals surface area contributed by atoms with E-state index in [0.29, 0.717) is 6.54 Å². The fourth-order valence-corrected chi connectivity index (χ4v) is 3.32. The van der Waals surface area contributed by atoms with E-state index in [0.717, 1.165) is 14.8 Å². The second kappa shape index (κ2) is 5.05. The quantitative estimate of drug-likeness (QED) is 0.880. The van der Waals surface area contributed by atoms with Gasteiger partial charge in [-0.1, -0.05) is 6.07 Å². The lowest BCUT2D eigenvalue weighted by atomic mass is 10.00. The first-order chi connectivity index (χ1) is 7.72. The lowest BCUT2D eigenvalue weighted by Gasteiger charge is -2.18. The number of thiazole rings is 1. The van der Waals surface area contributed by atoms with Gasteiger partial charge in [-0.2, -0.15) is 0 Å². The normalized spacial score (nSPS) is 14.9. The molecule has 5 heteroatoms. The zero-order valence-electron chi connectivity index (χ0n) is 8.96. The molecule has 3 N–H and O–H groups in total. The molecule has 2 rings (SSSR count). The number of nitrogens with zero attached hydrogens (tertiary/aromatic N) is 1. The summed E-state index contributed by atoms with van der Waals surface area (Å²) in [5.41, 5.74) is 5.74. The molecule has 0 fully saturated rings. The SMILES string of the molecule is Cc1ncc(C(O)C(CN)c2cccs2)s1. The topological polar surface area (TPSA) is 59.1 Å². The molecule has 2 aromatic rings. The molecule has 86 valence electrons. The molecule has 0 aromatic carbocycles. The maximum atomic E-state index is 10.3. The van der Waals surface area contributed by atoms with Crippen molar-refractivity contribution >= 4 is 22.7 Å². The van der Waals surface area contributed by atoms with Crippen LogP contribution in [-0.4, -0.2) is 16.6 Å². The standard InChI is InChI=1S/C11H14N2OS2/c1-7-13-6-10(16-7)11(14)8(5-12)9-3-2-4-15-9/h2-4,6,8,11,14H,5,12H2,1H3. The summed E-state index contributed by atoms with van der Waals surface area (Å²) >= 11 is 3.15. The Hall–Kier alpha value is -0.750. The number of aromatic nitrogens is 1. The Balaban J connectivity index is 2.22. The third-order valence-electron chi connectivity index (χ3n) is 2.47. The molecule has 0 aliphatic rings. The average Bonchev–Trinajstić information content (AvgIpc) is 2.90. The molecule has 2 aromatic heterocycles. The summed E-state index contributed by atoms with van der Waals surface area (Å²) in [7, 11) is 0. The summed E-state index contributed by atoms with van der Waals surface area (Å²) in [6.45, 7) is 2.38. The van der Waals surface area contributed by atoms with Crippen LogP contribution in [0.2, 0.25) is 0 Å². The van der Waals surface area contributed by atoms with Crippen LogP contribution in [0.3, 0.4) is 0 Å². The lowest BCUT2D eigenvalue weighted by molar-refractivity contribution is 0.152. The number of nitrogens with two attached hydrogens (primary N) is 1. The van der Waals surface area contributed by atoms with Crippen molar-refractivity contribution in [1.82, 2.24) is 4.98 Å². The Labute approximate surface area is 103 Å². The van der Waals surface area contributed by atoms with Gasteiger partial charge in [-0.05, 0) is 18.4 Å². The van der Waals surface area contributed by atoms with Crippen molar-refractivity contribution in [2.75, 3.05) is 6.54 Å². The summed E-state index contributed by atoms with van der Waals surface area (Å²) in [6, 6.07) is 3.99. The van der Waals surface area contributed by atoms with E-state index in [4.69, 9.17) is 5.73 Å². The number of thiophene rings is 1. The Kier molecular flexibility index (Phi) is 3.70. The van der Waals surface area contributed by atoms with Crippen LogP contribution in [0.5, 0.6) is 0 Å². The number of hydrogen-bond donors (Lipinski definition) is 2. The maximum Gasteiger partial charge on any atom is 0.0986 e. The molecule has 16 heavy (non-hydrogen) atoms. The van der Waals surface area contributed by atoms with Gasteiger partial charge in [0.15, 0.2) is 0 Å². The van der Waals surface area contributed by atoms with Gasteiger partial charge in [0, 0.05) is 23.5 Å². The third kappa shape index (κ3) is 2.32. The molecular weight excluding hydrogens is 240 g/mol. The van der Waals surface area contributed by atoms with Crippen molar-refractivity contribution < 1.29 is 5.11 Å². The van der Waals surface area contributed by atoms with E-state index >= 15 is 0 Å². The van der Waals surface area contributed by atoms with Crippen LogP contribution in [0.15, 0.2) is 23.7 Å². The van der Waals surface area contributed by atoms with Gasteiger partial charge in [-0.25, -0.2) is 4.98 Å². The van der Waals surface area contributed by atoms with E-state index in [-0.39, 0.29) is 5.92 Å². The van der Waals surface area contributed by atoms with Crippen LogP contribution in [0.1, 0.15) is 26.8 Å². The van der Waals surface area contributed by atoms with Crippen molar-refractivity contribution in [1.29, 1.82) is 0 Å². The zero-order valence-corrected chi connectivity index (χ0v) is 10.6. The molecule has 0 radical (unpaired) electrons. The zero-order chi connectivity index (χ0) is 11.5. The average molecular weight is 254 g/mol. The van der Waals surface area contributed by atoms with E-state index in [1.807, 2.05) is 24.4 Å². The Morgan fingerprint density at radius 3 is 2.81 bits per heavy atom. The molecule has 2 unspecified atom stereocenters. The summed E-state index contributed by atoms with van der Waals surface area (Å²) in [5, 5.41) is 13.2. The predicted octanol–water partition coefficient (Wildman–Crippen LogP) is 2.29. The number of rotatable bonds is 4. The Morgan fingerprint density at radius 2 is 2.31 bits per heavy atom. The molecule has 0 bridgehead atoms. The van der Waals surface area contributed by atoms with E-state index in [2.05, 4.69) is 4.98 Å². The maximum absolute atomic E-state index is 10.3. The minimum atomic E-state index is -0.546. The van der Waals surface area contributed by atoms with Crippen molar-refractivity contribution in [3.8, 4) is 0 Å². The van der Waals surface area contributed by atoms with Crippen LogP contribution in [-0.2, 0) is 0 Å². The van der Waals surface area contributed by atoms with Gasteiger partial charge < -0.3 is 10.8 Å². The molecule has 0 saturated carbocycles. The van der Waals surface area contributed by atoms with Gasteiger partial charge in [0.05, 0.1) is 16.0 Å². The van der Waals surface area contributed by atoms with Gasteiger partial charge in [0.25, 0.3) is 0 Å². The summed E-state index contributed by atoms with van der Waals surface area (Å²) in [5.74, 6) is -0.0279. The molecule has 2 heterocycles. The highest BCUT2D eigenvalue weighted by atomic mass is 32.1. The number of aliphatic hydroxyl groups excluding tert-OH is 1. The van der Waals surface area contributed by atoms with Crippen LogP contribution in [0.4, 0.5) is 0 Å². The summed E-state index contributed by atoms with van der Waals surface area (Å²) < 4.78 is 0. The van der Waals surface area contributed by atoms with Crippen molar-refractivity contribution in [2.45, 2.75) is 18.9 Å². The van der Waals surface area contributed by atoms with E-state index in [1.54, 1.807) is 17.5 Å². The highest BCUT2D eigenvalue weighted by Gasteiger charge is 2.23. The smallest absolute Gasteiger partial charge is 0.0986 e. The molecule has 2 atom stereocenters. The van der Waals surface area contributed by atoms with Gasteiger partial charge >= 0.3 is 0 Å². The van der Waals surface area contributed by atoms with Gasteiger partial charge in [-0.15, -0.1) is 22.7 Å². The van der Waals surface area contributed by atoms with Crippen molar-refractivity contribution in [3.63, 3.8) is 0 Å². The fraction of sp³-hybridized carbons (Fsp3) is 0.364. The lowest BCUT2D eigenvalue weighted by Crippen LogP contribution is -2.18. The van der Waals surface area contributed by atoms with Gasteiger partial charge in [0.2, 0.25) is 0 Å². The first kappa shape index (κ1) is 11.7. The van der Waals surface area contributed by atoms with Gasteiger partial charge in [0.1, 0.15) is 0 Å². The Morgan fingerprint density at radius 1 is 1.50 bits per heavy atom. The molecule has 0 aliphatic carbocycles. The Bertz CT molecular complexity index is 439. The monoisotopic (exact) mass is 254 g/mol. The second-order valence-corrected chi connectivity index (χ2v) is 5.83. The van der Waals surface area contributed by atoms with Crippen molar-refractivity contribution in [3.05, 3.63) is 38.5 Å². The van der Waals surface area contributed by atoms with E-state index in [1.165, 1.54) is 11.3 Å². The highest BCUT2D eigenvalue weighted by molar-refractivity contribution is 7.11. The second-order valence-electron chi connectivity index (χ2n) is 3.58. The summed E-state index contributed by atoms with van der Waals surface area (Å²) in [4.78, 5) is 6.17. The minimum absolute atomic E-state index is 0.0279. The van der Waals surface area contributed by atoms with Crippen LogP contribution in [0, 0.1) is 6.92 Å². The van der Waals surface area contributed by atoms with Crippen LogP contribution >= 0.6 is 22.7 Å². The summed E-state index contributed by atoms with van der Waals surface area (Å²) in [6.07, 6.45) is 1.19. The minimum Gasteiger partial charge on any atom is -0.387 e. The third-order valence-corrected chi connectivity index (χ3v) is 4.46. The molecule has 0 saturated heterocycles. The number of aryl methyl sites for hydroxylation is 1. The first-order valence-electron chi connectivity index (χ1n) is 5.06. The largest absolute Gasteiger partial charge is 0.387 e. The van der Waals surface area contributed by atoms with E-state index in [9.17, 15) is 5.11 Å². The fourth-order valence-electron chi connectivity index (χ4n) is 1.62. The number of aliphatic hydroxyl groups is 1. The molecule has 0 aliphatic heterocycles. The van der Waals surface area contributed by atoms with Gasteiger partial charge in [-0.3, -0.25) is 0 Å². The van der Waals surface area contributed by atoms with Crippen LogP contribution < -0.4 is 5.73 Å². The molecule has 0 amide bonds.